The van der Waals surface area contributed by atoms with E-state index in [4.69, 9.17) is 9.26 Å². The van der Waals surface area contributed by atoms with Gasteiger partial charge in [-0.25, -0.2) is 0 Å². The molecule has 0 fully saturated rings. The van der Waals surface area contributed by atoms with E-state index in [-0.39, 0.29) is 5.91 Å². The van der Waals surface area contributed by atoms with Crippen LogP contribution in [0.3, 0.4) is 0 Å². The molecule has 23 heavy (non-hydrogen) atoms. The number of aromatic nitrogens is 2. The smallest absolute Gasteiger partial charge is 0.258 e. The fourth-order valence-corrected chi connectivity index (χ4v) is 2.21. The molecule has 6 nitrogen and oxygen atoms in total. The maximum atomic E-state index is 11.1. The van der Waals surface area contributed by atoms with Crippen LogP contribution in [0.5, 0.6) is 5.75 Å². The Labute approximate surface area is 133 Å². The van der Waals surface area contributed by atoms with Crippen molar-refractivity contribution in [3.63, 3.8) is 0 Å². The zero-order valence-corrected chi connectivity index (χ0v) is 12.7. The van der Waals surface area contributed by atoms with Crippen LogP contribution in [0.4, 0.5) is 5.69 Å². The molecule has 1 amide bonds. The normalized spacial score (nSPS) is 10.3. The van der Waals surface area contributed by atoms with E-state index < -0.39 is 0 Å². The topological polar surface area (TPSA) is 77.3 Å². The Bertz CT molecular complexity index is 842. The molecule has 3 rings (SSSR count). The molecule has 3 aromatic rings. The Morgan fingerprint density at radius 3 is 2.78 bits per heavy atom. The van der Waals surface area contributed by atoms with Crippen LogP contribution >= 0.6 is 0 Å². The van der Waals surface area contributed by atoms with Gasteiger partial charge in [0.2, 0.25) is 11.7 Å². The van der Waals surface area contributed by atoms with Gasteiger partial charge in [0.15, 0.2) is 0 Å². The number of ether oxygens (including phenoxy) is 1. The van der Waals surface area contributed by atoms with Crippen LogP contribution in [-0.4, -0.2) is 23.2 Å². The van der Waals surface area contributed by atoms with Crippen molar-refractivity contribution in [2.75, 3.05) is 12.4 Å². The lowest BCUT2D eigenvalue weighted by Crippen LogP contribution is -2.05. The summed E-state index contributed by atoms with van der Waals surface area (Å²) in [5, 5.41) is 6.73. The summed E-state index contributed by atoms with van der Waals surface area (Å²) in [6, 6.07) is 14.7. The molecule has 0 radical (unpaired) electrons. The molecule has 0 aliphatic rings. The summed E-state index contributed by atoms with van der Waals surface area (Å²) in [4.78, 5) is 15.6. The monoisotopic (exact) mass is 309 g/mol. The van der Waals surface area contributed by atoms with Gasteiger partial charge in [-0.2, -0.15) is 4.98 Å². The molecule has 0 aliphatic carbocycles. The van der Waals surface area contributed by atoms with Gasteiger partial charge >= 0.3 is 0 Å². The second-order valence-corrected chi connectivity index (χ2v) is 4.89. The maximum absolute atomic E-state index is 11.1. The van der Waals surface area contributed by atoms with E-state index in [0.717, 1.165) is 11.1 Å². The van der Waals surface area contributed by atoms with Crippen LogP contribution in [0.15, 0.2) is 53.1 Å². The number of carbonyl (C=O) groups is 1. The number of anilines is 1. The van der Waals surface area contributed by atoms with Crippen LogP contribution in [0.1, 0.15) is 6.92 Å². The minimum absolute atomic E-state index is 0.137. The summed E-state index contributed by atoms with van der Waals surface area (Å²) in [5.74, 6) is 1.36. The molecule has 1 N–H and O–H groups in total. The summed E-state index contributed by atoms with van der Waals surface area (Å²) in [6.45, 7) is 1.46. The van der Waals surface area contributed by atoms with Gasteiger partial charge in [-0.3, -0.25) is 4.79 Å². The number of amides is 1. The lowest BCUT2D eigenvalue weighted by atomic mass is 10.2. The minimum atomic E-state index is -0.137. The Hall–Kier alpha value is -3.15. The minimum Gasteiger partial charge on any atom is -0.496 e. The predicted octanol–water partition coefficient (Wildman–Crippen LogP) is 3.37. The standard InChI is InChI=1S/C17H15N3O3/c1-11(21)18-13-7-5-6-12(10-13)17-19-16(20-23-17)14-8-3-4-9-15(14)22-2/h3-10H,1-2H3,(H,18,21). The molecule has 0 bridgehead atoms. The number of methoxy groups -OCH3 is 1. The van der Waals surface area contributed by atoms with E-state index in [1.807, 2.05) is 36.4 Å². The lowest BCUT2D eigenvalue weighted by molar-refractivity contribution is -0.114. The lowest BCUT2D eigenvalue weighted by Gasteiger charge is -2.03. The van der Waals surface area contributed by atoms with Crippen molar-refractivity contribution >= 4 is 11.6 Å². The van der Waals surface area contributed by atoms with Crippen LogP contribution in [-0.2, 0) is 4.79 Å². The van der Waals surface area contributed by atoms with Crippen molar-refractivity contribution in [3.8, 4) is 28.6 Å². The van der Waals surface area contributed by atoms with Gasteiger partial charge in [0, 0.05) is 18.2 Å². The van der Waals surface area contributed by atoms with E-state index >= 15 is 0 Å². The van der Waals surface area contributed by atoms with Gasteiger partial charge in [-0.15, -0.1) is 0 Å². The van der Waals surface area contributed by atoms with Gasteiger partial charge in [0.25, 0.3) is 5.89 Å². The Kier molecular flexibility index (Phi) is 4.05. The van der Waals surface area contributed by atoms with Crippen molar-refractivity contribution in [3.05, 3.63) is 48.5 Å². The van der Waals surface area contributed by atoms with Gasteiger partial charge in [0.1, 0.15) is 5.75 Å². The fourth-order valence-electron chi connectivity index (χ4n) is 2.21. The van der Waals surface area contributed by atoms with E-state index in [1.54, 1.807) is 19.2 Å². The Balaban J connectivity index is 1.94. The van der Waals surface area contributed by atoms with Crippen molar-refractivity contribution < 1.29 is 14.1 Å². The Morgan fingerprint density at radius 1 is 1.17 bits per heavy atom. The molecule has 0 spiro atoms. The first-order valence-corrected chi connectivity index (χ1v) is 7.02. The zero-order chi connectivity index (χ0) is 16.2. The average molecular weight is 309 g/mol. The number of rotatable bonds is 4. The summed E-state index contributed by atoms with van der Waals surface area (Å²) < 4.78 is 10.6. The molecule has 1 heterocycles. The molecule has 0 unspecified atom stereocenters. The highest BCUT2D eigenvalue weighted by Crippen LogP contribution is 2.29. The molecule has 2 aromatic carbocycles. The first kappa shape index (κ1) is 14.8. The third-order valence-corrected chi connectivity index (χ3v) is 3.20. The number of para-hydroxylation sites is 1. The van der Waals surface area contributed by atoms with Crippen molar-refractivity contribution in [1.82, 2.24) is 10.1 Å². The van der Waals surface area contributed by atoms with E-state index in [0.29, 0.717) is 23.2 Å². The molecule has 6 heteroatoms. The zero-order valence-electron chi connectivity index (χ0n) is 12.7. The fraction of sp³-hybridized carbons (Fsp3) is 0.118. The highest BCUT2D eigenvalue weighted by atomic mass is 16.5. The summed E-state index contributed by atoms with van der Waals surface area (Å²) >= 11 is 0. The maximum Gasteiger partial charge on any atom is 0.258 e. The van der Waals surface area contributed by atoms with Crippen LogP contribution in [0.25, 0.3) is 22.8 Å². The van der Waals surface area contributed by atoms with E-state index in [1.165, 1.54) is 6.92 Å². The summed E-state index contributed by atoms with van der Waals surface area (Å²) in [7, 11) is 1.59. The van der Waals surface area contributed by atoms with Crippen molar-refractivity contribution in [1.29, 1.82) is 0 Å². The van der Waals surface area contributed by atoms with Crippen molar-refractivity contribution in [2.45, 2.75) is 6.92 Å². The van der Waals surface area contributed by atoms with Gasteiger partial charge in [-0.05, 0) is 30.3 Å². The second-order valence-electron chi connectivity index (χ2n) is 4.89. The largest absolute Gasteiger partial charge is 0.496 e. The molecule has 1 aromatic heterocycles. The van der Waals surface area contributed by atoms with Crippen LogP contribution in [0, 0.1) is 0 Å². The quantitative estimate of drug-likeness (QED) is 0.799. The molecule has 0 saturated heterocycles. The molecular formula is C17H15N3O3. The SMILES string of the molecule is COc1ccccc1-c1noc(-c2cccc(NC(C)=O)c2)n1. The highest BCUT2D eigenvalue weighted by molar-refractivity contribution is 5.89. The molecular weight excluding hydrogens is 294 g/mol. The number of nitrogens with one attached hydrogen (secondary N) is 1. The molecule has 0 aliphatic heterocycles. The number of hydrogen-bond acceptors (Lipinski definition) is 5. The van der Waals surface area contributed by atoms with Crippen molar-refractivity contribution in [2.24, 2.45) is 0 Å². The van der Waals surface area contributed by atoms with E-state index in [2.05, 4.69) is 15.5 Å². The van der Waals surface area contributed by atoms with Crippen LogP contribution < -0.4 is 10.1 Å². The molecule has 116 valence electrons. The third kappa shape index (κ3) is 3.21. The first-order valence-electron chi connectivity index (χ1n) is 7.02. The first-order chi connectivity index (χ1) is 11.2. The molecule has 0 atom stereocenters. The predicted molar refractivity (Wildman–Crippen MR) is 86.0 cm³/mol. The number of hydrogen-bond donors (Lipinski definition) is 1. The van der Waals surface area contributed by atoms with Gasteiger partial charge < -0.3 is 14.6 Å². The average Bonchev–Trinajstić information content (AvgIpc) is 3.04. The number of nitrogens with zero attached hydrogens (tertiary/aromatic N) is 2. The Morgan fingerprint density at radius 2 is 2.00 bits per heavy atom. The highest BCUT2D eigenvalue weighted by Gasteiger charge is 2.14. The summed E-state index contributed by atoms with van der Waals surface area (Å²) in [5.41, 5.74) is 2.15. The third-order valence-electron chi connectivity index (χ3n) is 3.20. The van der Waals surface area contributed by atoms with Crippen LogP contribution in [0.2, 0.25) is 0 Å². The van der Waals surface area contributed by atoms with E-state index in [9.17, 15) is 4.79 Å². The van der Waals surface area contributed by atoms with Gasteiger partial charge in [-0.1, -0.05) is 23.4 Å². The number of benzene rings is 2. The van der Waals surface area contributed by atoms with Gasteiger partial charge in [0.05, 0.1) is 12.7 Å². The second kappa shape index (κ2) is 6.31. The molecule has 0 saturated carbocycles. The summed E-state index contributed by atoms with van der Waals surface area (Å²) in [6.07, 6.45) is 0. The number of carbonyl (C=O) groups excluding carboxylic acids is 1.